The predicted octanol–water partition coefficient (Wildman–Crippen LogP) is 2.84. The highest BCUT2D eigenvalue weighted by Gasteiger charge is 2.17. The lowest BCUT2D eigenvalue weighted by Gasteiger charge is -2.29. The van der Waals surface area contributed by atoms with Crippen molar-refractivity contribution in [1.82, 2.24) is 15.0 Å². The highest BCUT2D eigenvalue weighted by Crippen LogP contribution is 2.28. The van der Waals surface area contributed by atoms with Gasteiger partial charge in [0, 0.05) is 25.2 Å². The molecule has 1 aliphatic rings. The SMILES string of the molecule is CCNc1ncnc(NN2CCCCC2)c1C(C)C. The molecule has 106 valence electrons. The number of rotatable bonds is 5. The molecular formula is C14H25N5. The first kappa shape index (κ1) is 14.1. The summed E-state index contributed by atoms with van der Waals surface area (Å²) in [6.07, 6.45) is 5.49. The van der Waals surface area contributed by atoms with Gasteiger partial charge in [0.05, 0.1) is 0 Å². The number of anilines is 2. The maximum Gasteiger partial charge on any atom is 0.149 e. The second-order valence-electron chi connectivity index (χ2n) is 5.33. The molecule has 0 amide bonds. The smallest absolute Gasteiger partial charge is 0.149 e. The van der Waals surface area contributed by atoms with Gasteiger partial charge in [0.2, 0.25) is 0 Å². The van der Waals surface area contributed by atoms with Crippen LogP contribution < -0.4 is 10.7 Å². The molecule has 2 N–H and O–H groups in total. The molecular weight excluding hydrogens is 238 g/mol. The number of aromatic nitrogens is 2. The molecule has 0 aromatic carbocycles. The summed E-state index contributed by atoms with van der Waals surface area (Å²) in [5.41, 5.74) is 4.65. The Morgan fingerprint density at radius 1 is 1.16 bits per heavy atom. The highest BCUT2D eigenvalue weighted by atomic mass is 15.5. The normalized spacial score (nSPS) is 16.6. The van der Waals surface area contributed by atoms with Gasteiger partial charge < -0.3 is 10.7 Å². The van der Waals surface area contributed by atoms with Crippen molar-refractivity contribution >= 4 is 11.6 Å². The molecule has 0 atom stereocenters. The van der Waals surface area contributed by atoms with Crippen LogP contribution in [0.15, 0.2) is 6.33 Å². The van der Waals surface area contributed by atoms with Crippen LogP contribution in [0.5, 0.6) is 0 Å². The van der Waals surface area contributed by atoms with E-state index < -0.39 is 0 Å². The first-order valence-corrected chi connectivity index (χ1v) is 7.32. The lowest BCUT2D eigenvalue weighted by Crippen LogP contribution is -2.35. The van der Waals surface area contributed by atoms with E-state index in [4.69, 9.17) is 0 Å². The third-order valence-corrected chi connectivity index (χ3v) is 3.43. The van der Waals surface area contributed by atoms with Crippen molar-refractivity contribution < 1.29 is 0 Å². The molecule has 19 heavy (non-hydrogen) atoms. The van der Waals surface area contributed by atoms with Crippen LogP contribution in [0, 0.1) is 0 Å². The molecule has 1 saturated heterocycles. The summed E-state index contributed by atoms with van der Waals surface area (Å²) in [7, 11) is 0. The number of piperidine rings is 1. The zero-order valence-corrected chi connectivity index (χ0v) is 12.2. The zero-order chi connectivity index (χ0) is 13.7. The van der Waals surface area contributed by atoms with Crippen LogP contribution in [-0.2, 0) is 0 Å². The maximum absolute atomic E-state index is 4.43. The third kappa shape index (κ3) is 3.56. The van der Waals surface area contributed by atoms with Crippen LogP contribution >= 0.6 is 0 Å². The van der Waals surface area contributed by atoms with Gasteiger partial charge in [-0.3, -0.25) is 0 Å². The fraction of sp³-hybridized carbons (Fsp3) is 0.714. The Kier molecular flexibility index (Phi) is 4.96. The molecule has 0 saturated carbocycles. The van der Waals surface area contributed by atoms with Gasteiger partial charge in [-0.2, -0.15) is 0 Å². The largest absolute Gasteiger partial charge is 0.370 e. The molecule has 5 nitrogen and oxygen atoms in total. The Hall–Kier alpha value is -1.36. The summed E-state index contributed by atoms with van der Waals surface area (Å²) < 4.78 is 0. The molecule has 5 heteroatoms. The topological polar surface area (TPSA) is 53.1 Å². The number of hydrazine groups is 1. The number of hydrogen-bond acceptors (Lipinski definition) is 5. The average Bonchev–Trinajstić information content (AvgIpc) is 2.40. The van der Waals surface area contributed by atoms with E-state index in [1.807, 2.05) is 0 Å². The van der Waals surface area contributed by atoms with Crippen LogP contribution in [-0.4, -0.2) is 34.6 Å². The van der Waals surface area contributed by atoms with E-state index in [0.717, 1.165) is 31.3 Å². The number of nitrogens with one attached hydrogen (secondary N) is 2. The lowest BCUT2D eigenvalue weighted by atomic mass is 10.0. The number of nitrogens with zero attached hydrogens (tertiary/aromatic N) is 3. The van der Waals surface area contributed by atoms with Crippen molar-refractivity contribution in [3.8, 4) is 0 Å². The molecule has 2 rings (SSSR count). The van der Waals surface area contributed by atoms with Crippen LogP contribution in [0.25, 0.3) is 0 Å². The standard InChI is InChI=1S/C14H25N5/c1-4-15-13-12(11(2)3)14(17-10-16-13)18-19-8-6-5-7-9-19/h10-11H,4-9H2,1-3H3,(H2,15,16,17,18). The fourth-order valence-corrected chi connectivity index (χ4v) is 2.50. The van der Waals surface area contributed by atoms with Gasteiger partial charge in [0.25, 0.3) is 0 Å². The molecule has 1 aliphatic heterocycles. The number of hydrogen-bond donors (Lipinski definition) is 2. The Morgan fingerprint density at radius 2 is 1.84 bits per heavy atom. The fourth-order valence-electron chi connectivity index (χ4n) is 2.50. The molecule has 0 bridgehead atoms. The van der Waals surface area contributed by atoms with E-state index >= 15 is 0 Å². The van der Waals surface area contributed by atoms with Crippen molar-refractivity contribution in [2.75, 3.05) is 30.4 Å². The second kappa shape index (κ2) is 6.70. The van der Waals surface area contributed by atoms with Gasteiger partial charge in [0.15, 0.2) is 0 Å². The van der Waals surface area contributed by atoms with Crippen LogP contribution in [0.1, 0.15) is 51.5 Å². The van der Waals surface area contributed by atoms with E-state index in [1.165, 1.54) is 24.8 Å². The predicted molar refractivity (Wildman–Crippen MR) is 79.3 cm³/mol. The Balaban J connectivity index is 2.20. The summed E-state index contributed by atoms with van der Waals surface area (Å²) in [5, 5.41) is 5.60. The average molecular weight is 263 g/mol. The zero-order valence-electron chi connectivity index (χ0n) is 12.2. The van der Waals surface area contributed by atoms with Crippen LogP contribution in [0.4, 0.5) is 11.6 Å². The summed E-state index contributed by atoms with van der Waals surface area (Å²) in [6, 6.07) is 0. The van der Waals surface area contributed by atoms with Gasteiger partial charge in [-0.25, -0.2) is 15.0 Å². The minimum absolute atomic E-state index is 0.391. The first-order chi connectivity index (χ1) is 9.22. The molecule has 1 aromatic heterocycles. The lowest BCUT2D eigenvalue weighted by molar-refractivity contribution is 0.272. The minimum Gasteiger partial charge on any atom is -0.370 e. The Morgan fingerprint density at radius 3 is 2.47 bits per heavy atom. The van der Waals surface area contributed by atoms with Gasteiger partial charge in [0.1, 0.15) is 18.0 Å². The molecule has 0 spiro atoms. The summed E-state index contributed by atoms with van der Waals surface area (Å²) in [5.74, 6) is 2.29. The summed E-state index contributed by atoms with van der Waals surface area (Å²) in [4.78, 5) is 8.80. The summed E-state index contributed by atoms with van der Waals surface area (Å²) >= 11 is 0. The van der Waals surface area contributed by atoms with E-state index in [0.29, 0.717) is 5.92 Å². The molecule has 1 aromatic rings. The Bertz CT molecular complexity index is 399. The van der Waals surface area contributed by atoms with Crippen LogP contribution in [0.3, 0.4) is 0 Å². The van der Waals surface area contributed by atoms with E-state index in [-0.39, 0.29) is 0 Å². The monoisotopic (exact) mass is 263 g/mol. The quantitative estimate of drug-likeness (QED) is 0.855. The van der Waals surface area contributed by atoms with Crippen molar-refractivity contribution in [2.45, 2.75) is 46.0 Å². The summed E-state index contributed by atoms with van der Waals surface area (Å²) in [6.45, 7) is 9.52. The van der Waals surface area contributed by atoms with Crippen molar-refractivity contribution in [3.63, 3.8) is 0 Å². The third-order valence-electron chi connectivity index (χ3n) is 3.43. The van der Waals surface area contributed by atoms with Gasteiger partial charge in [-0.15, -0.1) is 0 Å². The molecule has 0 radical (unpaired) electrons. The maximum atomic E-state index is 4.43. The Labute approximate surface area is 115 Å². The van der Waals surface area contributed by atoms with E-state index in [2.05, 4.69) is 46.5 Å². The molecule has 0 unspecified atom stereocenters. The second-order valence-corrected chi connectivity index (χ2v) is 5.33. The van der Waals surface area contributed by atoms with Crippen molar-refractivity contribution in [3.05, 3.63) is 11.9 Å². The van der Waals surface area contributed by atoms with Crippen molar-refractivity contribution in [1.29, 1.82) is 0 Å². The molecule has 1 fully saturated rings. The van der Waals surface area contributed by atoms with Gasteiger partial charge in [-0.1, -0.05) is 20.3 Å². The van der Waals surface area contributed by atoms with E-state index in [1.54, 1.807) is 6.33 Å². The van der Waals surface area contributed by atoms with Crippen LogP contribution in [0.2, 0.25) is 0 Å². The van der Waals surface area contributed by atoms with E-state index in [9.17, 15) is 0 Å². The van der Waals surface area contributed by atoms with Gasteiger partial charge >= 0.3 is 0 Å². The minimum atomic E-state index is 0.391. The van der Waals surface area contributed by atoms with Crippen molar-refractivity contribution in [2.24, 2.45) is 0 Å². The molecule has 2 heterocycles. The first-order valence-electron chi connectivity index (χ1n) is 7.32. The highest BCUT2D eigenvalue weighted by molar-refractivity contribution is 5.58. The molecule has 0 aliphatic carbocycles. The van der Waals surface area contributed by atoms with Gasteiger partial charge in [-0.05, 0) is 25.7 Å².